The van der Waals surface area contributed by atoms with E-state index in [-0.39, 0.29) is 23.4 Å². The van der Waals surface area contributed by atoms with Crippen LogP contribution in [0.3, 0.4) is 0 Å². The maximum Gasteiger partial charge on any atom is 0.297 e. The summed E-state index contributed by atoms with van der Waals surface area (Å²) in [6.45, 7) is 1.42. The van der Waals surface area contributed by atoms with E-state index in [1.165, 1.54) is 12.1 Å². The van der Waals surface area contributed by atoms with Gasteiger partial charge in [0, 0.05) is 6.54 Å². The molecule has 1 N–H and O–H groups in total. The van der Waals surface area contributed by atoms with Crippen molar-refractivity contribution in [2.75, 3.05) is 13.1 Å². The van der Waals surface area contributed by atoms with Gasteiger partial charge < -0.3 is 5.32 Å². The second-order valence-electron chi connectivity index (χ2n) is 3.48. The van der Waals surface area contributed by atoms with E-state index < -0.39 is 10.1 Å². The fraction of sp³-hybridized carbons (Fsp3) is 0.400. The van der Waals surface area contributed by atoms with Crippen LogP contribution in [0, 0.1) is 0 Å². The zero-order valence-corrected chi connectivity index (χ0v) is 10.3. The Morgan fingerprint density at radius 2 is 1.94 bits per heavy atom. The summed E-state index contributed by atoms with van der Waals surface area (Å²) in [5, 5.41) is 3.06. The fourth-order valence-electron chi connectivity index (χ4n) is 1.53. The Kier molecular flexibility index (Phi) is 4.73. The fourth-order valence-corrected chi connectivity index (χ4v) is 2.66. The number of hydrogen-bond acceptors (Lipinski definition) is 4. The lowest BCUT2D eigenvalue weighted by molar-refractivity contribution is 0.230. The molecule has 4 nitrogen and oxygen atoms in total. The highest BCUT2D eigenvalue weighted by atomic mass is 35.5. The van der Waals surface area contributed by atoms with Gasteiger partial charge in [0.1, 0.15) is 0 Å². The second-order valence-corrected chi connectivity index (χ2v) is 5.05. The Labute approximate surface area is 102 Å². The average Bonchev–Trinajstić information content (AvgIpc) is 2.71. The molecule has 0 bridgehead atoms. The maximum absolute atomic E-state index is 11.7. The van der Waals surface area contributed by atoms with Crippen LogP contribution >= 0.6 is 12.4 Å². The molecule has 1 fully saturated rings. The van der Waals surface area contributed by atoms with Crippen LogP contribution in [0.5, 0.6) is 0 Å². The SMILES string of the molecule is Cl.O=S(=O)(O[C@H]1CCNC1)c1ccccc1. The molecule has 1 atom stereocenters. The molecular formula is C10H14ClNO3S. The summed E-state index contributed by atoms with van der Waals surface area (Å²) in [7, 11) is -3.58. The van der Waals surface area contributed by atoms with Crippen molar-refractivity contribution in [2.45, 2.75) is 17.4 Å². The summed E-state index contributed by atoms with van der Waals surface area (Å²) in [6.07, 6.45) is 0.515. The molecule has 0 amide bonds. The predicted octanol–water partition coefficient (Wildman–Crippen LogP) is 1.18. The van der Waals surface area contributed by atoms with Gasteiger partial charge in [0.15, 0.2) is 0 Å². The van der Waals surface area contributed by atoms with Crippen LogP contribution in [0.2, 0.25) is 0 Å². The van der Waals surface area contributed by atoms with E-state index in [0.29, 0.717) is 6.54 Å². The number of benzene rings is 1. The third kappa shape index (κ3) is 3.18. The molecule has 16 heavy (non-hydrogen) atoms. The third-order valence-corrected chi connectivity index (χ3v) is 3.68. The van der Waals surface area contributed by atoms with Crippen molar-refractivity contribution < 1.29 is 12.6 Å². The number of halogens is 1. The molecule has 6 heteroatoms. The van der Waals surface area contributed by atoms with E-state index in [9.17, 15) is 8.42 Å². The van der Waals surface area contributed by atoms with Gasteiger partial charge in [-0.25, -0.2) is 0 Å². The minimum absolute atomic E-state index is 0. The van der Waals surface area contributed by atoms with Crippen LogP contribution in [0.25, 0.3) is 0 Å². The number of rotatable bonds is 3. The van der Waals surface area contributed by atoms with E-state index in [1.807, 2.05) is 0 Å². The lowest BCUT2D eigenvalue weighted by Crippen LogP contribution is -2.21. The van der Waals surface area contributed by atoms with Crippen molar-refractivity contribution in [3.8, 4) is 0 Å². The van der Waals surface area contributed by atoms with Crippen LogP contribution in [0.4, 0.5) is 0 Å². The molecule has 1 aliphatic heterocycles. The molecule has 1 aromatic carbocycles. The van der Waals surface area contributed by atoms with E-state index in [2.05, 4.69) is 5.32 Å². The van der Waals surface area contributed by atoms with Crippen molar-refractivity contribution >= 4 is 22.5 Å². The molecule has 0 unspecified atom stereocenters. The van der Waals surface area contributed by atoms with Gasteiger partial charge in [0.05, 0.1) is 11.0 Å². The predicted molar refractivity (Wildman–Crippen MR) is 63.2 cm³/mol. The highest BCUT2D eigenvalue weighted by molar-refractivity contribution is 7.86. The van der Waals surface area contributed by atoms with Crippen molar-refractivity contribution in [2.24, 2.45) is 0 Å². The summed E-state index contributed by atoms with van der Waals surface area (Å²) in [4.78, 5) is 0.219. The zero-order valence-electron chi connectivity index (χ0n) is 8.63. The van der Waals surface area contributed by atoms with Gasteiger partial charge >= 0.3 is 0 Å². The number of hydrogen-bond donors (Lipinski definition) is 1. The highest BCUT2D eigenvalue weighted by Gasteiger charge is 2.23. The first kappa shape index (κ1) is 13.4. The molecule has 0 spiro atoms. The largest absolute Gasteiger partial charge is 0.314 e. The van der Waals surface area contributed by atoms with E-state index >= 15 is 0 Å². The van der Waals surface area contributed by atoms with Crippen molar-refractivity contribution in [3.63, 3.8) is 0 Å². The normalized spacial score (nSPS) is 20.4. The smallest absolute Gasteiger partial charge is 0.297 e. The van der Waals surface area contributed by atoms with Gasteiger partial charge in [-0.15, -0.1) is 12.4 Å². The Balaban J connectivity index is 0.00000128. The summed E-state index contributed by atoms with van der Waals surface area (Å²) in [6, 6.07) is 8.22. The molecule has 2 rings (SSSR count). The summed E-state index contributed by atoms with van der Waals surface area (Å²) in [5.41, 5.74) is 0. The molecule has 0 saturated carbocycles. The molecule has 1 aliphatic rings. The minimum atomic E-state index is -3.58. The molecule has 0 aliphatic carbocycles. The van der Waals surface area contributed by atoms with Crippen molar-refractivity contribution in [3.05, 3.63) is 30.3 Å². The lowest BCUT2D eigenvalue weighted by atomic mass is 10.3. The minimum Gasteiger partial charge on any atom is -0.314 e. The van der Waals surface area contributed by atoms with Gasteiger partial charge in [-0.05, 0) is 25.1 Å². The van der Waals surface area contributed by atoms with Crippen molar-refractivity contribution in [1.82, 2.24) is 5.32 Å². The lowest BCUT2D eigenvalue weighted by Gasteiger charge is -2.10. The first-order valence-electron chi connectivity index (χ1n) is 4.87. The van der Waals surface area contributed by atoms with Crippen LogP contribution in [-0.4, -0.2) is 27.6 Å². The van der Waals surface area contributed by atoms with E-state index in [4.69, 9.17) is 4.18 Å². The second kappa shape index (κ2) is 5.63. The Morgan fingerprint density at radius 1 is 1.25 bits per heavy atom. The van der Waals surface area contributed by atoms with Crippen molar-refractivity contribution in [1.29, 1.82) is 0 Å². The summed E-state index contributed by atoms with van der Waals surface area (Å²) >= 11 is 0. The quantitative estimate of drug-likeness (QED) is 0.832. The van der Waals surface area contributed by atoms with Crippen LogP contribution < -0.4 is 5.32 Å². The molecule has 1 aromatic rings. The molecular weight excluding hydrogens is 250 g/mol. The zero-order chi connectivity index (χ0) is 10.7. The Hall–Kier alpha value is -0.620. The topological polar surface area (TPSA) is 55.4 Å². The Morgan fingerprint density at radius 3 is 2.50 bits per heavy atom. The highest BCUT2D eigenvalue weighted by Crippen LogP contribution is 2.16. The van der Waals surface area contributed by atoms with Gasteiger partial charge in [-0.3, -0.25) is 4.18 Å². The van der Waals surface area contributed by atoms with Crippen LogP contribution in [0.1, 0.15) is 6.42 Å². The molecule has 90 valence electrons. The van der Waals surface area contributed by atoms with Gasteiger partial charge in [-0.2, -0.15) is 8.42 Å². The van der Waals surface area contributed by atoms with Gasteiger partial charge in [0.2, 0.25) is 0 Å². The maximum atomic E-state index is 11.7. The molecule has 0 aromatic heterocycles. The molecule has 0 radical (unpaired) electrons. The van der Waals surface area contributed by atoms with E-state index in [0.717, 1.165) is 13.0 Å². The molecule has 1 saturated heterocycles. The summed E-state index contributed by atoms with van der Waals surface area (Å²) in [5.74, 6) is 0. The number of nitrogens with one attached hydrogen (secondary N) is 1. The van der Waals surface area contributed by atoms with Crippen LogP contribution in [0.15, 0.2) is 35.2 Å². The first-order valence-corrected chi connectivity index (χ1v) is 6.28. The van der Waals surface area contributed by atoms with Gasteiger partial charge in [-0.1, -0.05) is 18.2 Å². The molecule has 1 heterocycles. The third-order valence-electron chi connectivity index (χ3n) is 2.31. The first-order chi connectivity index (χ1) is 7.18. The van der Waals surface area contributed by atoms with Gasteiger partial charge in [0.25, 0.3) is 10.1 Å². The average molecular weight is 264 g/mol. The van der Waals surface area contributed by atoms with Crippen LogP contribution in [-0.2, 0) is 14.3 Å². The monoisotopic (exact) mass is 263 g/mol. The summed E-state index contributed by atoms with van der Waals surface area (Å²) < 4.78 is 28.6. The van der Waals surface area contributed by atoms with E-state index in [1.54, 1.807) is 18.2 Å². The standard InChI is InChI=1S/C10H13NO3S.ClH/c12-15(13,10-4-2-1-3-5-10)14-9-6-7-11-8-9;/h1-5,9,11H,6-8H2;1H/t9-;/m0./s1. The Bertz CT molecular complexity index is 415.